The van der Waals surface area contributed by atoms with Crippen molar-refractivity contribution in [1.29, 1.82) is 0 Å². The molecule has 1 N–H and O–H groups in total. The van der Waals surface area contributed by atoms with Crippen molar-refractivity contribution in [2.24, 2.45) is 0 Å². The van der Waals surface area contributed by atoms with E-state index >= 15 is 0 Å². The Bertz CT molecular complexity index is 990. The van der Waals surface area contributed by atoms with Gasteiger partial charge in [0.2, 0.25) is 0 Å². The lowest BCUT2D eigenvalue weighted by Gasteiger charge is -2.13. The van der Waals surface area contributed by atoms with Crippen LogP contribution in [0.15, 0.2) is 53.3 Å². The molecule has 3 aromatic rings. The maximum absolute atomic E-state index is 12.7. The van der Waals surface area contributed by atoms with E-state index in [9.17, 15) is 9.59 Å². The van der Waals surface area contributed by atoms with Gasteiger partial charge in [0.1, 0.15) is 0 Å². The Morgan fingerprint density at radius 3 is 2.52 bits per heavy atom. The molecule has 0 saturated carbocycles. The van der Waals surface area contributed by atoms with Crippen LogP contribution < -0.4 is 10.9 Å². The molecule has 1 aromatic heterocycles. The van der Waals surface area contributed by atoms with Crippen LogP contribution in [-0.2, 0) is 6.54 Å². The highest BCUT2D eigenvalue weighted by Gasteiger charge is 2.17. The summed E-state index contributed by atoms with van der Waals surface area (Å²) in [7, 11) is 0. The lowest BCUT2D eigenvalue weighted by Crippen LogP contribution is -2.31. The highest BCUT2D eigenvalue weighted by Crippen LogP contribution is 2.15. The summed E-state index contributed by atoms with van der Waals surface area (Å²) in [5.41, 5.74) is 2.26. The van der Waals surface area contributed by atoms with Gasteiger partial charge in [-0.2, -0.15) is 5.10 Å². The summed E-state index contributed by atoms with van der Waals surface area (Å²) in [6.07, 6.45) is 0. The minimum atomic E-state index is -0.285. The molecule has 0 aliphatic carbocycles. The molecule has 25 heavy (non-hydrogen) atoms. The number of rotatable bonds is 4. The lowest BCUT2D eigenvalue weighted by atomic mass is 10.1. The topological polar surface area (TPSA) is 64.0 Å². The molecule has 5 heteroatoms. The zero-order chi connectivity index (χ0) is 18.0. The van der Waals surface area contributed by atoms with Crippen molar-refractivity contribution < 1.29 is 4.79 Å². The Balaban J connectivity index is 1.98. The second kappa shape index (κ2) is 6.89. The first-order valence-electron chi connectivity index (χ1n) is 8.32. The zero-order valence-corrected chi connectivity index (χ0v) is 14.6. The molecule has 0 aliphatic heterocycles. The number of carbonyl (C=O) groups excluding carboxylic acids is 1. The number of fused-ring (bicyclic) bond motifs is 1. The predicted octanol–water partition coefficient (Wildman–Crippen LogP) is 3.22. The number of aromatic nitrogens is 2. The Kier molecular flexibility index (Phi) is 4.65. The van der Waals surface area contributed by atoms with Gasteiger partial charge in [0.15, 0.2) is 5.69 Å². The van der Waals surface area contributed by atoms with Gasteiger partial charge < -0.3 is 5.32 Å². The normalized spacial score (nSPS) is 11.0. The number of hydrogen-bond acceptors (Lipinski definition) is 3. The summed E-state index contributed by atoms with van der Waals surface area (Å²) in [6.45, 7) is 6.17. The van der Waals surface area contributed by atoms with E-state index in [2.05, 4.69) is 10.4 Å². The van der Waals surface area contributed by atoms with Crippen molar-refractivity contribution in [3.63, 3.8) is 0 Å². The average molecular weight is 335 g/mol. The molecule has 5 nitrogen and oxygen atoms in total. The minimum absolute atomic E-state index is 0.125. The fourth-order valence-electron chi connectivity index (χ4n) is 2.81. The minimum Gasteiger partial charge on any atom is -0.347 e. The van der Waals surface area contributed by atoms with E-state index in [1.54, 1.807) is 24.3 Å². The van der Waals surface area contributed by atoms with E-state index in [1.807, 2.05) is 45.0 Å². The third-order valence-electron chi connectivity index (χ3n) is 4.07. The van der Waals surface area contributed by atoms with Crippen LogP contribution in [0.2, 0.25) is 0 Å². The Hall–Kier alpha value is -2.95. The van der Waals surface area contributed by atoms with Crippen LogP contribution in [0.1, 0.15) is 41.5 Å². The Morgan fingerprint density at radius 2 is 1.84 bits per heavy atom. The molecule has 0 saturated heterocycles. The third-order valence-corrected chi connectivity index (χ3v) is 4.07. The fourth-order valence-corrected chi connectivity index (χ4v) is 2.81. The largest absolute Gasteiger partial charge is 0.347 e. The SMILES string of the molecule is Cc1cccc(CNC(=O)c2nn(C(C)C)c(=O)c3ccccc23)c1. The number of amides is 1. The summed E-state index contributed by atoms with van der Waals surface area (Å²) in [6, 6.07) is 14.9. The Labute approximate surface area is 146 Å². The monoisotopic (exact) mass is 335 g/mol. The van der Waals surface area contributed by atoms with E-state index in [-0.39, 0.29) is 23.2 Å². The summed E-state index contributed by atoms with van der Waals surface area (Å²) < 4.78 is 1.36. The van der Waals surface area contributed by atoms with E-state index in [0.717, 1.165) is 11.1 Å². The number of aryl methyl sites for hydroxylation is 1. The van der Waals surface area contributed by atoms with Gasteiger partial charge in [-0.25, -0.2) is 4.68 Å². The number of hydrogen-bond donors (Lipinski definition) is 1. The first kappa shape index (κ1) is 16.9. The number of carbonyl (C=O) groups is 1. The molecule has 0 spiro atoms. The molecule has 0 fully saturated rings. The van der Waals surface area contributed by atoms with Crippen LogP contribution in [0.3, 0.4) is 0 Å². The Morgan fingerprint density at radius 1 is 1.12 bits per heavy atom. The molecular formula is C20H21N3O2. The zero-order valence-electron chi connectivity index (χ0n) is 14.6. The van der Waals surface area contributed by atoms with Crippen molar-refractivity contribution in [3.05, 3.63) is 75.7 Å². The molecule has 1 heterocycles. The number of nitrogens with zero attached hydrogens (tertiary/aromatic N) is 2. The van der Waals surface area contributed by atoms with E-state index < -0.39 is 0 Å². The van der Waals surface area contributed by atoms with Crippen LogP contribution in [-0.4, -0.2) is 15.7 Å². The van der Waals surface area contributed by atoms with Crippen LogP contribution in [0, 0.1) is 6.92 Å². The van der Waals surface area contributed by atoms with Gasteiger partial charge in [-0.05, 0) is 32.4 Å². The lowest BCUT2D eigenvalue weighted by molar-refractivity contribution is 0.0945. The van der Waals surface area contributed by atoms with E-state index in [1.165, 1.54) is 4.68 Å². The number of benzene rings is 2. The molecule has 0 radical (unpaired) electrons. The second-order valence-corrected chi connectivity index (χ2v) is 6.41. The van der Waals surface area contributed by atoms with Gasteiger partial charge in [-0.15, -0.1) is 0 Å². The molecule has 0 bridgehead atoms. The predicted molar refractivity (Wildman–Crippen MR) is 98.7 cm³/mol. The van der Waals surface area contributed by atoms with Crippen LogP contribution in [0.25, 0.3) is 10.8 Å². The quantitative estimate of drug-likeness (QED) is 0.796. The van der Waals surface area contributed by atoms with Gasteiger partial charge in [0, 0.05) is 11.9 Å². The molecular weight excluding hydrogens is 314 g/mol. The van der Waals surface area contributed by atoms with Crippen molar-refractivity contribution in [2.45, 2.75) is 33.4 Å². The van der Waals surface area contributed by atoms with Crippen LogP contribution in [0.5, 0.6) is 0 Å². The van der Waals surface area contributed by atoms with Gasteiger partial charge in [0.25, 0.3) is 11.5 Å². The standard InChI is InChI=1S/C20H21N3O2/c1-13(2)23-20(25)17-10-5-4-9-16(17)18(22-23)19(24)21-12-15-8-6-7-14(3)11-15/h4-11,13H,12H2,1-3H3,(H,21,24). The smallest absolute Gasteiger partial charge is 0.274 e. The molecule has 1 amide bonds. The summed E-state index contributed by atoms with van der Waals surface area (Å²) in [5.74, 6) is -0.285. The van der Waals surface area contributed by atoms with Crippen molar-refractivity contribution in [1.82, 2.24) is 15.1 Å². The van der Waals surface area contributed by atoms with Crippen molar-refractivity contribution in [3.8, 4) is 0 Å². The summed E-state index contributed by atoms with van der Waals surface area (Å²) >= 11 is 0. The molecule has 3 rings (SSSR count). The van der Waals surface area contributed by atoms with Crippen LogP contribution in [0.4, 0.5) is 0 Å². The molecule has 0 atom stereocenters. The summed E-state index contributed by atoms with van der Waals surface area (Å²) in [4.78, 5) is 25.2. The number of nitrogens with one attached hydrogen (secondary N) is 1. The first-order chi connectivity index (χ1) is 12.0. The molecule has 2 aromatic carbocycles. The second-order valence-electron chi connectivity index (χ2n) is 6.41. The van der Waals surface area contributed by atoms with Gasteiger partial charge in [-0.3, -0.25) is 9.59 Å². The van der Waals surface area contributed by atoms with E-state index in [0.29, 0.717) is 17.3 Å². The maximum Gasteiger partial charge on any atom is 0.274 e. The maximum atomic E-state index is 12.7. The molecule has 0 unspecified atom stereocenters. The summed E-state index contributed by atoms with van der Waals surface area (Å²) in [5, 5.41) is 8.31. The van der Waals surface area contributed by atoms with Gasteiger partial charge in [-0.1, -0.05) is 48.0 Å². The van der Waals surface area contributed by atoms with Crippen molar-refractivity contribution in [2.75, 3.05) is 0 Å². The van der Waals surface area contributed by atoms with E-state index in [4.69, 9.17) is 0 Å². The van der Waals surface area contributed by atoms with Crippen molar-refractivity contribution >= 4 is 16.7 Å². The highest BCUT2D eigenvalue weighted by molar-refractivity contribution is 6.04. The molecule has 128 valence electrons. The van der Waals surface area contributed by atoms with Crippen LogP contribution >= 0.6 is 0 Å². The molecule has 0 aliphatic rings. The fraction of sp³-hybridized carbons (Fsp3) is 0.250. The van der Waals surface area contributed by atoms with Gasteiger partial charge in [0.05, 0.1) is 11.4 Å². The van der Waals surface area contributed by atoms with Gasteiger partial charge >= 0.3 is 0 Å². The third kappa shape index (κ3) is 3.45. The first-order valence-corrected chi connectivity index (χ1v) is 8.32. The average Bonchev–Trinajstić information content (AvgIpc) is 2.60. The highest BCUT2D eigenvalue weighted by atomic mass is 16.2.